The molecule has 1 aliphatic carbocycles. The zero-order valence-corrected chi connectivity index (χ0v) is 13.9. The Morgan fingerprint density at radius 1 is 0.870 bits per heavy atom. The van der Waals surface area contributed by atoms with Crippen LogP contribution in [-0.2, 0) is 12.8 Å². The van der Waals surface area contributed by atoms with Gasteiger partial charge in [-0.1, -0.05) is 24.3 Å². The van der Waals surface area contributed by atoms with Gasteiger partial charge in [0, 0.05) is 11.6 Å². The second-order valence-electron chi connectivity index (χ2n) is 5.48. The van der Waals surface area contributed by atoms with E-state index in [9.17, 15) is 0 Å². The Bertz CT molecular complexity index is 839. The molecule has 0 spiro atoms. The quantitative estimate of drug-likeness (QED) is 0.435. The maximum absolute atomic E-state index is 8.49. The van der Waals surface area contributed by atoms with Crippen molar-refractivity contribution >= 4 is 32.2 Å². The molecule has 0 saturated heterocycles. The third-order valence-electron chi connectivity index (χ3n) is 4.03. The molecule has 1 aliphatic rings. The van der Waals surface area contributed by atoms with Crippen LogP contribution in [0, 0.1) is 10.2 Å². The van der Waals surface area contributed by atoms with E-state index in [0.29, 0.717) is 0 Å². The van der Waals surface area contributed by atoms with Gasteiger partial charge in [-0.3, -0.25) is 0 Å². The highest BCUT2D eigenvalue weighted by Gasteiger charge is 2.19. The van der Waals surface area contributed by atoms with E-state index in [1.165, 1.54) is 46.5 Å². The molecule has 0 N–H and O–H groups in total. The molecule has 0 atom stereocenters. The van der Waals surface area contributed by atoms with Gasteiger partial charge < -0.3 is 0 Å². The molecule has 0 amide bonds. The zero-order valence-electron chi connectivity index (χ0n) is 12.3. The van der Waals surface area contributed by atoms with Gasteiger partial charge in [0.25, 0.3) is 0 Å². The average molecular weight is 351 g/mol. The minimum Gasteiger partial charge on any atom is -0.222 e. The lowest BCUT2D eigenvalue weighted by Gasteiger charge is -2.17. The number of hydrogen-bond acceptors (Lipinski definition) is 4. The highest BCUT2D eigenvalue weighted by molar-refractivity contribution is 7.16. The number of fused-ring (bicyclic) bond motifs is 5. The van der Waals surface area contributed by atoms with E-state index >= 15 is 0 Å². The van der Waals surface area contributed by atoms with E-state index in [2.05, 4.69) is 41.8 Å². The summed E-state index contributed by atoms with van der Waals surface area (Å²) in [5.41, 5.74) is 3.21. The number of aryl methyl sites for hydroxylation is 2. The van der Waals surface area contributed by atoms with E-state index in [0.717, 1.165) is 0 Å². The van der Waals surface area contributed by atoms with Gasteiger partial charge in [0.1, 0.15) is 0 Å². The van der Waals surface area contributed by atoms with Crippen LogP contribution in [0.2, 0.25) is 0 Å². The van der Waals surface area contributed by atoms with Crippen molar-refractivity contribution < 1.29 is 28.9 Å². The summed E-state index contributed by atoms with van der Waals surface area (Å²) < 4.78 is 35.4. The van der Waals surface area contributed by atoms with Crippen LogP contribution < -0.4 is 18.6 Å². The van der Waals surface area contributed by atoms with Crippen molar-refractivity contribution in [3.05, 3.63) is 52.9 Å². The summed E-state index contributed by atoms with van der Waals surface area (Å²) in [7, 11) is -4.94. The molecule has 120 valence electrons. The number of hydrogen-bond donors (Lipinski definition) is 0. The van der Waals surface area contributed by atoms with Crippen LogP contribution in [0.1, 0.15) is 24.0 Å². The van der Waals surface area contributed by atoms with Crippen molar-refractivity contribution in [3.8, 4) is 0 Å². The average Bonchev–Trinajstić information content (AvgIpc) is 2.52. The van der Waals surface area contributed by atoms with Crippen LogP contribution in [0.3, 0.4) is 0 Å². The summed E-state index contributed by atoms with van der Waals surface area (Å²) in [4.78, 5) is 0. The van der Waals surface area contributed by atoms with Crippen molar-refractivity contribution in [2.24, 2.45) is 0 Å². The molecule has 4 rings (SSSR count). The molecule has 0 radical (unpaired) electrons. The Morgan fingerprint density at radius 3 is 2.35 bits per heavy atom. The third-order valence-corrected chi connectivity index (χ3v) is 5.03. The third kappa shape index (κ3) is 3.95. The van der Waals surface area contributed by atoms with E-state index in [1.807, 2.05) is 11.3 Å². The van der Waals surface area contributed by atoms with Gasteiger partial charge in [0.2, 0.25) is 16.0 Å². The maximum Gasteiger partial charge on any atom is 0.238 e. The number of benzene rings is 2. The molecule has 0 fully saturated rings. The van der Waals surface area contributed by atoms with E-state index in [1.54, 1.807) is 11.1 Å². The van der Waals surface area contributed by atoms with Gasteiger partial charge in [-0.2, -0.15) is 0 Å². The minimum atomic E-state index is -4.94. The van der Waals surface area contributed by atoms with Crippen LogP contribution in [0.15, 0.2) is 41.8 Å². The molecule has 2 aromatic carbocycles. The summed E-state index contributed by atoms with van der Waals surface area (Å²) in [6.45, 7) is 0. The fraction of sp³-hybridized carbons (Fsp3) is 0.235. The Labute approximate surface area is 140 Å². The molecule has 1 heterocycles. The molecule has 23 heavy (non-hydrogen) atoms. The van der Waals surface area contributed by atoms with Gasteiger partial charge >= 0.3 is 0 Å². The topological polar surface area (TPSA) is 92.2 Å². The normalized spacial score (nSPS) is 14.3. The van der Waals surface area contributed by atoms with Gasteiger partial charge in [-0.25, -0.2) is 18.6 Å². The van der Waals surface area contributed by atoms with Crippen molar-refractivity contribution in [2.75, 3.05) is 0 Å². The van der Waals surface area contributed by atoms with Crippen LogP contribution in [0.25, 0.3) is 20.9 Å². The molecule has 0 unspecified atom stereocenters. The van der Waals surface area contributed by atoms with Crippen LogP contribution >= 0.6 is 11.3 Å². The van der Waals surface area contributed by atoms with E-state index < -0.39 is 10.2 Å². The Balaban J connectivity index is 0.000000276. The lowest BCUT2D eigenvalue weighted by Crippen LogP contribution is -2.68. The Morgan fingerprint density at radius 2 is 1.57 bits per heavy atom. The molecular weight excluding hydrogens is 336 g/mol. The van der Waals surface area contributed by atoms with Crippen LogP contribution in [0.5, 0.6) is 0 Å². The fourth-order valence-electron chi connectivity index (χ4n) is 3.14. The Hall–Kier alpha value is -1.34. The number of halogens is 1. The molecule has 6 heteroatoms. The first-order valence-electron chi connectivity index (χ1n) is 7.29. The SMILES string of the molecule is [O-][Cl+3]([O-])([O-])[O-].c1ccc2c(c1)ccc1[s+]cc3c(c12)CCCC3. The maximum atomic E-state index is 8.49. The molecule has 0 saturated carbocycles. The summed E-state index contributed by atoms with van der Waals surface area (Å²) in [6, 6.07) is 13.3. The first-order valence-corrected chi connectivity index (χ1v) is 9.40. The molecule has 3 aromatic rings. The predicted octanol–water partition coefficient (Wildman–Crippen LogP) is 0.458. The second-order valence-corrected chi connectivity index (χ2v) is 7.15. The molecule has 1 aromatic heterocycles. The largest absolute Gasteiger partial charge is 0.238 e. The summed E-state index contributed by atoms with van der Waals surface area (Å²) in [6.07, 6.45) is 5.23. The summed E-state index contributed by atoms with van der Waals surface area (Å²) >= 11 is 1.91. The smallest absolute Gasteiger partial charge is 0.222 e. The van der Waals surface area contributed by atoms with Crippen LogP contribution in [0.4, 0.5) is 0 Å². The molecule has 0 bridgehead atoms. The predicted molar refractivity (Wildman–Crippen MR) is 80.4 cm³/mol. The highest BCUT2D eigenvalue weighted by atomic mass is 35.7. The van der Waals surface area contributed by atoms with Gasteiger partial charge in [-0.15, -0.1) is 10.2 Å². The summed E-state index contributed by atoms with van der Waals surface area (Å²) in [5, 5.41) is 6.71. The van der Waals surface area contributed by atoms with Crippen LogP contribution in [-0.4, -0.2) is 0 Å². The first kappa shape index (κ1) is 16.5. The molecule has 4 nitrogen and oxygen atoms in total. The van der Waals surface area contributed by atoms with Gasteiger partial charge in [0.05, 0.1) is 5.39 Å². The van der Waals surface area contributed by atoms with E-state index in [4.69, 9.17) is 18.6 Å². The second kappa shape index (κ2) is 6.65. The first-order chi connectivity index (χ1) is 10.9. The van der Waals surface area contributed by atoms with Gasteiger partial charge in [-0.05, 0) is 48.1 Å². The fourth-order valence-corrected chi connectivity index (χ4v) is 4.17. The highest BCUT2D eigenvalue weighted by Crippen LogP contribution is 2.36. The van der Waals surface area contributed by atoms with Crippen molar-refractivity contribution in [1.29, 1.82) is 0 Å². The lowest BCUT2D eigenvalue weighted by atomic mass is 9.90. The van der Waals surface area contributed by atoms with Crippen molar-refractivity contribution in [2.45, 2.75) is 25.7 Å². The van der Waals surface area contributed by atoms with Crippen molar-refractivity contribution in [1.82, 2.24) is 0 Å². The molecule has 0 aliphatic heterocycles. The molecular formula is C17H15ClO4S. The minimum absolute atomic E-state index is 1.26. The zero-order chi connectivity index (χ0) is 16.4. The standard InChI is InChI=1S/C17H15S.ClHO4/c1-3-7-14-12(5-1)9-10-16-17(14)15-8-4-2-6-13(15)11-18-16;2-1(3,4)5/h1,3,5,7,9-11H,2,4,6,8H2;(H,2,3,4,5)/q+1;/p-1. The van der Waals surface area contributed by atoms with Crippen molar-refractivity contribution in [3.63, 3.8) is 0 Å². The monoisotopic (exact) mass is 350 g/mol. The lowest BCUT2D eigenvalue weighted by molar-refractivity contribution is -2.00. The van der Waals surface area contributed by atoms with E-state index in [-0.39, 0.29) is 0 Å². The summed E-state index contributed by atoms with van der Waals surface area (Å²) in [5.74, 6) is 0. The Kier molecular flexibility index (Phi) is 4.77. The number of rotatable bonds is 0. The van der Waals surface area contributed by atoms with Gasteiger partial charge in [0.15, 0.2) is 5.38 Å².